The van der Waals surface area contributed by atoms with Crippen LogP contribution in [0.1, 0.15) is 10.4 Å². The van der Waals surface area contributed by atoms with Gasteiger partial charge < -0.3 is 31.5 Å². The lowest BCUT2D eigenvalue weighted by Gasteiger charge is -2.22. The van der Waals surface area contributed by atoms with Crippen molar-refractivity contribution in [3.05, 3.63) is 57.4 Å². The summed E-state index contributed by atoms with van der Waals surface area (Å²) >= 11 is 5.82. The minimum Gasteiger partial charge on any atom is -0.733 e. The summed E-state index contributed by atoms with van der Waals surface area (Å²) in [5.41, 5.74) is 0.0303. The number of nitrogens with zero attached hydrogens (tertiary/aromatic N) is 3. The van der Waals surface area contributed by atoms with Crippen LogP contribution in [0.3, 0.4) is 0 Å². The number of fused-ring (bicyclic) bond motifs is 1. The average molecular weight is 406 g/mol. The van der Waals surface area contributed by atoms with Gasteiger partial charge in [-0.3, -0.25) is 25.0 Å². The lowest BCUT2D eigenvalue weighted by Crippen LogP contribution is -2.44. The normalized spacial score (nSPS) is 15.3. The first kappa shape index (κ1) is 19.5. The third-order valence-electron chi connectivity index (χ3n) is 3.76. The molecule has 0 radical (unpaired) electrons. The summed E-state index contributed by atoms with van der Waals surface area (Å²) in [5.74, 6) is -1.40. The Morgan fingerprint density at radius 2 is 1.86 bits per heavy atom. The maximum absolute atomic E-state index is 12.4. The quantitative estimate of drug-likeness (QED) is 0.562. The number of anilines is 3. The zero-order valence-electron chi connectivity index (χ0n) is 13.9. The molecule has 1 unspecified atom stereocenters. The number of carbonyl (C=O) groups is 2. The van der Waals surface area contributed by atoms with Crippen molar-refractivity contribution >= 4 is 52.4 Å². The largest absolute Gasteiger partial charge is 0.733 e. The maximum Gasteiger partial charge on any atom is 0.252 e. The molecule has 1 heterocycles. The Balaban J connectivity index is 1.80. The Morgan fingerprint density at radius 1 is 1.14 bits per heavy atom. The van der Waals surface area contributed by atoms with Gasteiger partial charge in [0, 0.05) is 16.8 Å². The summed E-state index contributed by atoms with van der Waals surface area (Å²) in [7, 11) is 0. The van der Waals surface area contributed by atoms with Gasteiger partial charge in [0.2, 0.25) is 0 Å². The van der Waals surface area contributed by atoms with E-state index in [9.17, 15) is 20.0 Å². The summed E-state index contributed by atoms with van der Waals surface area (Å²) < 4.78 is 0. The number of halogens is 1. The third-order valence-corrected chi connectivity index (χ3v) is 3.97. The second-order valence-electron chi connectivity index (χ2n) is 5.66. The molecule has 4 N–H and O–H groups in total. The first-order valence-electron chi connectivity index (χ1n) is 7.67. The molecule has 2 aromatic rings. The average Bonchev–Trinajstić information content (AvgIpc) is 2.79. The maximum atomic E-state index is 12.4. The molecule has 12 heteroatoms. The fraction of sp³-hybridized carbons (Fsp3) is 0.0625. The molecule has 28 heavy (non-hydrogen) atoms. The molecule has 0 aliphatic carbocycles. The lowest BCUT2D eigenvalue weighted by atomic mass is 10.1. The van der Waals surface area contributed by atoms with Crippen molar-refractivity contribution in [2.45, 2.75) is 6.04 Å². The number of hydrogen-bond acceptors (Lipinski definition) is 9. The third kappa shape index (κ3) is 4.19. The molecule has 0 bridgehead atoms. The summed E-state index contributed by atoms with van der Waals surface area (Å²) in [4.78, 5) is 28.9. The standard InChI is InChI=1S/C16H12ClN5O6/c17-9-3-8(4-11(5-9)22(27)28)15(23)20-14-7-18-12-2-1-10(21(25)26)6-13(12)19-16(14)24/h1-7,14,25,27H,(H,19,24)(H,20,23)/q-2. The predicted molar refractivity (Wildman–Crippen MR) is 101 cm³/mol. The number of amides is 2. The van der Waals surface area contributed by atoms with Gasteiger partial charge in [0.05, 0.1) is 22.7 Å². The highest BCUT2D eigenvalue weighted by Crippen LogP contribution is 2.31. The van der Waals surface area contributed by atoms with E-state index in [0.717, 1.165) is 12.1 Å². The van der Waals surface area contributed by atoms with Gasteiger partial charge in [-0.05, 0) is 36.4 Å². The van der Waals surface area contributed by atoms with E-state index in [1.54, 1.807) is 0 Å². The predicted octanol–water partition coefficient (Wildman–Crippen LogP) is 2.18. The number of benzene rings is 2. The van der Waals surface area contributed by atoms with E-state index in [2.05, 4.69) is 15.6 Å². The molecule has 1 aliphatic rings. The minimum atomic E-state index is -1.18. The molecular formula is C16H12ClN5O6-2. The molecular weight excluding hydrogens is 394 g/mol. The zero-order chi connectivity index (χ0) is 20.4. The van der Waals surface area contributed by atoms with Crippen LogP contribution in [0.4, 0.5) is 22.7 Å². The van der Waals surface area contributed by atoms with Gasteiger partial charge in [-0.25, -0.2) is 0 Å². The monoisotopic (exact) mass is 405 g/mol. The molecule has 0 spiro atoms. The molecule has 2 amide bonds. The summed E-state index contributed by atoms with van der Waals surface area (Å²) in [5, 5.41) is 44.0. The first-order valence-corrected chi connectivity index (χ1v) is 8.05. The highest BCUT2D eigenvalue weighted by atomic mass is 35.5. The molecule has 0 saturated heterocycles. The van der Waals surface area contributed by atoms with E-state index in [-0.39, 0.29) is 32.9 Å². The molecule has 3 rings (SSSR count). The van der Waals surface area contributed by atoms with Crippen molar-refractivity contribution in [1.29, 1.82) is 0 Å². The Labute approximate surface area is 162 Å². The second-order valence-corrected chi connectivity index (χ2v) is 6.10. The number of aliphatic imine (C=N–C) groups is 1. The topological polar surface area (TPSA) is 164 Å². The number of carbonyl (C=O) groups excluding carboxylic acids is 2. The van der Waals surface area contributed by atoms with Crippen LogP contribution in [0.15, 0.2) is 41.4 Å². The Hall–Kier alpha value is -3.22. The molecule has 1 aliphatic heterocycles. The van der Waals surface area contributed by atoms with E-state index in [1.807, 2.05) is 0 Å². The van der Waals surface area contributed by atoms with E-state index in [4.69, 9.17) is 22.0 Å². The van der Waals surface area contributed by atoms with E-state index in [1.165, 1.54) is 30.5 Å². The summed E-state index contributed by atoms with van der Waals surface area (Å²) in [6.45, 7) is 0. The van der Waals surface area contributed by atoms with E-state index < -0.39 is 23.1 Å². The first-order chi connectivity index (χ1) is 13.2. The smallest absolute Gasteiger partial charge is 0.252 e. The van der Waals surface area contributed by atoms with Crippen LogP contribution in [-0.2, 0) is 4.79 Å². The Kier molecular flexibility index (Phi) is 5.44. The molecule has 0 aromatic heterocycles. The van der Waals surface area contributed by atoms with Gasteiger partial charge in [0.25, 0.3) is 11.8 Å². The van der Waals surface area contributed by atoms with Gasteiger partial charge in [-0.2, -0.15) is 0 Å². The van der Waals surface area contributed by atoms with Crippen LogP contribution in [0.5, 0.6) is 0 Å². The van der Waals surface area contributed by atoms with Crippen LogP contribution in [0.25, 0.3) is 0 Å². The minimum absolute atomic E-state index is 0.0302. The number of rotatable bonds is 4. The van der Waals surface area contributed by atoms with Crippen LogP contribution >= 0.6 is 11.6 Å². The highest BCUT2D eigenvalue weighted by Gasteiger charge is 2.24. The van der Waals surface area contributed by atoms with Gasteiger partial charge in [-0.1, -0.05) is 11.6 Å². The Morgan fingerprint density at radius 3 is 2.54 bits per heavy atom. The number of nitrogens with one attached hydrogen (secondary N) is 2. The van der Waals surface area contributed by atoms with Crippen molar-refractivity contribution in [1.82, 2.24) is 5.32 Å². The summed E-state index contributed by atoms with van der Waals surface area (Å²) in [6.07, 6.45) is 1.18. The summed E-state index contributed by atoms with van der Waals surface area (Å²) in [6, 6.07) is 6.23. The van der Waals surface area contributed by atoms with Crippen molar-refractivity contribution in [3.8, 4) is 0 Å². The van der Waals surface area contributed by atoms with Crippen molar-refractivity contribution in [2.75, 3.05) is 15.8 Å². The SMILES string of the molecule is O=C(NC1C=Nc2ccc(N([O-])O)cc2NC1=O)c1cc(Cl)cc(N([O-])O)c1. The van der Waals surface area contributed by atoms with Gasteiger partial charge in [0.15, 0.2) is 0 Å². The molecule has 0 saturated carbocycles. The molecule has 1 atom stereocenters. The Bertz CT molecular complexity index is 965. The molecule has 11 nitrogen and oxygen atoms in total. The highest BCUT2D eigenvalue weighted by molar-refractivity contribution is 6.31. The van der Waals surface area contributed by atoms with Crippen LogP contribution in [-0.4, -0.2) is 34.5 Å². The van der Waals surface area contributed by atoms with E-state index in [0.29, 0.717) is 5.69 Å². The van der Waals surface area contributed by atoms with E-state index >= 15 is 0 Å². The van der Waals surface area contributed by atoms with Gasteiger partial charge in [-0.15, -0.1) is 0 Å². The second kappa shape index (κ2) is 7.80. The van der Waals surface area contributed by atoms with Crippen molar-refractivity contribution in [2.24, 2.45) is 4.99 Å². The molecule has 2 aromatic carbocycles. The zero-order valence-corrected chi connectivity index (χ0v) is 14.6. The molecule has 146 valence electrons. The lowest BCUT2D eigenvalue weighted by molar-refractivity contribution is -0.116. The van der Waals surface area contributed by atoms with Crippen LogP contribution in [0.2, 0.25) is 5.02 Å². The van der Waals surface area contributed by atoms with Gasteiger partial charge in [0.1, 0.15) is 6.04 Å². The van der Waals surface area contributed by atoms with Crippen LogP contribution < -0.4 is 21.1 Å². The van der Waals surface area contributed by atoms with Crippen molar-refractivity contribution < 1.29 is 20.0 Å². The van der Waals surface area contributed by atoms with Gasteiger partial charge >= 0.3 is 0 Å². The fourth-order valence-corrected chi connectivity index (χ4v) is 2.66. The van der Waals surface area contributed by atoms with Crippen molar-refractivity contribution in [3.63, 3.8) is 0 Å². The van der Waals surface area contributed by atoms with Crippen LogP contribution in [0, 0.1) is 10.4 Å². The fourth-order valence-electron chi connectivity index (χ4n) is 2.43. The molecule has 0 fully saturated rings. The number of hydrogen-bond donors (Lipinski definition) is 4.